The quantitative estimate of drug-likeness (QED) is 0.694. The van der Waals surface area contributed by atoms with Crippen LogP contribution in [0.1, 0.15) is 12.8 Å². The molecule has 5 heteroatoms. The van der Waals surface area contributed by atoms with Crippen LogP contribution in [-0.2, 0) is 21.1 Å². The molecule has 0 aromatic carbocycles. The number of alkyl halides is 2. The van der Waals surface area contributed by atoms with E-state index in [-0.39, 0.29) is 21.1 Å². The minimum atomic E-state index is -0.441. The Labute approximate surface area is 91.2 Å². The van der Waals surface area contributed by atoms with Gasteiger partial charge in [-0.1, -0.05) is 0 Å². The van der Waals surface area contributed by atoms with Crippen molar-refractivity contribution in [2.24, 2.45) is 11.5 Å². The molecule has 0 aliphatic heterocycles. The van der Waals surface area contributed by atoms with Gasteiger partial charge in [-0.3, -0.25) is 0 Å². The third-order valence-corrected chi connectivity index (χ3v) is 3.87. The predicted molar refractivity (Wildman–Crippen MR) is 44.5 cm³/mol. The molecule has 1 saturated carbocycles. The van der Waals surface area contributed by atoms with Crippen molar-refractivity contribution in [3.63, 3.8) is 0 Å². The maximum atomic E-state index is 6.06. The van der Waals surface area contributed by atoms with Gasteiger partial charge >= 0.3 is 0 Å². The van der Waals surface area contributed by atoms with Crippen LogP contribution in [0.2, 0.25) is 0 Å². The van der Waals surface area contributed by atoms with Crippen LogP contribution >= 0.6 is 23.2 Å². The van der Waals surface area contributed by atoms with E-state index in [1.165, 1.54) is 0 Å². The van der Waals surface area contributed by atoms with E-state index in [0.29, 0.717) is 13.1 Å². The van der Waals surface area contributed by atoms with Gasteiger partial charge in [0, 0.05) is 34.2 Å². The summed E-state index contributed by atoms with van der Waals surface area (Å²) in [4.78, 5) is -0.882. The van der Waals surface area contributed by atoms with Crippen LogP contribution in [0, 0.1) is 0 Å². The Balaban J connectivity index is 0.000001000. The van der Waals surface area contributed by atoms with Gasteiger partial charge in [0.1, 0.15) is 0 Å². The summed E-state index contributed by atoms with van der Waals surface area (Å²) in [7, 11) is 0. The Bertz CT molecular complexity index is 123. The monoisotopic (exact) mass is 377 g/mol. The predicted octanol–water partition coefficient (Wildman–Crippen LogP) is 0.650. The molecular formula is C6H12Cl2N2Pt. The molecule has 70 valence electrons. The van der Waals surface area contributed by atoms with Gasteiger partial charge < -0.3 is 11.5 Å². The number of hydrogen-bond donors (Lipinski definition) is 2. The van der Waals surface area contributed by atoms with Gasteiger partial charge in [0.25, 0.3) is 0 Å². The maximum Gasteiger partial charge on any atom is 0.0772 e. The molecule has 1 aliphatic carbocycles. The summed E-state index contributed by atoms with van der Waals surface area (Å²) in [5.74, 6) is 0. The molecule has 1 rings (SSSR count). The van der Waals surface area contributed by atoms with Crippen molar-refractivity contribution in [1.29, 1.82) is 0 Å². The second-order valence-electron chi connectivity index (χ2n) is 2.84. The Morgan fingerprint density at radius 1 is 1.00 bits per heavy atom. The zero-order valence-electron chi connectivity index (χ0n) is 6.06. The fourth-order valence-electron chi connectivity index (χ4n) is 1.24. The van der Waals surface area contributed by atoms with Gasteiger partial charge in [0.05, 0.1) is 9.75 Å². The average molecular weight is 378 g/mol. The fraction of sp³-hybridized carbons (Fsp3) is 1.00. The summed E-state index contributed by atoms with van der Waals surface area (Å²) in [6.07, 6.45) is 1.76. The van der Waals surface area contributed by atoms with E-state index in [1.807, 2.05) is 0 Å². The Morgan fingerprint density at radius 2 is 1.27 bits per heavy atom. The molecule has 2 unspecified atom stereocenters. The third kappa shape index (κ3) is 1.76. The first-order valence-corrected chi connectivity index (χ1v) is 4.11. The zero-order valence-corrected chi connectivity index (χ0v) is 9.84. The first kappa shape index (κ1) is 12.2. The van der Waals surface area contributed by atoms with Gasteiger partial charge in [-0.25, -0.2) is 0 Å². The van der Waals surface area contributed by atoms with Crippen LogP contribution in [0.3, 0.4) is 0 Å². The molecule has 0 radical (unpaired) electrons. The van der Waals surface area contributed by atoms with Gasteiger partial charge in [-0.2, -0.15) is 0 Å². The van der Waals surface area contributed by atoms with E-state index < -0.39 is 9.75 Å². The van der Waals surface area contributed by atoms with Crippen molar-refractivity contribution in [2.45, 2.75) is 22.6 Å². The van der Waals surface area contributed by atoms with Gasteiger partial charge in [-0.05, 0) is 12.8 Å². The molecular weight excluding hydrogens is 366 g/mol. The van der Waals surface area contributed by atoms with Crippen LogP contribution in [0.25, 0.3) is 0 Å². The van der Waals surface area contributed by atoms with E-state index in [0.717, 1.165) is 12.8 Å². The summed E-state index contributed by atoms with van der Waals surface area (Å²) in [5.41, 5.74) is 10.9. The number of nitrogens with two attached hydrogens (primary N) is 2. The van der Waals surface area contributed by atoms with E-state index in [2.05, 4.69) is 0 Å². The Morgan fingerprint density at radius 3 is 1.36 bits per heavy atom. The van der Waals surface area contributed by atoms with Crippen LogP contribution in [-0.4, -0.2) is 22.8 Å². The first-order chi connectivity index (χ1) is 4.58. The molecule has 0 spiro atoms. The number of hydrogen-bond acceptors (Lipinski definition) is 2. The normalized spacial score (nSPS) is 42.5. The van der Waals surface area contributed by atoms with Gasteiger partial charge in [0.15, 0.2) is 0 Å². The summed E-state index contributed by atoms with van der Waals surface area (Å²) in [5, 5.41) is 0. The smallest absolute Gasteiger partial charge is 0.0772 e. The van der Waals surface area contributed by atoms with Crippen LogP contribution in [0.4, 0.5) is 0 Å². The summed E-state index contributed by atoms with van der Waals surface area (Å²) < 4.78 is 0. The van der Waals surface area contributed by atoms with Crippen LogP contribution < -0.4 is 11.5 Å². The molecule has 0 saturated heterocycles. The molecule has 0 aromatic heterocycles. The zero-order chi connectivity index (χ0) is 7.83. The standard InChI is InChI=1S/C6H12Cl2N2.Pt/c7-5(3-9)1-2-6(5,8)4-10;/h1-4,9-10H2;. The maximum absolute atomic E-state index is 6.06. The molecule has 2 atom stereocenters. The molecule has 0 heterocycles. The van der Waals surface area contributed by atoms with Crippen molar-refractivity contribution in [3.8, 4) is 0 Å². The number of halogens is 2. The molecule has 4 N–H and O–H groups in total. The van der Waals surface area contributed by atoms with Gasteiger partial charge in [0.2, 0.25) is 0 Å². The molecule has 1 fully saturated rings. The van der Waals surface area contributed by atoms with Crippen LogP contribution in [0.5, 0.6) is 0 Å². The molecule has 2 nitrogen and oxygen atoms in total. The summed E-state index contributed by atoms with van der Waals surface area (Å²) >= 11 is 12.1. The summed E-state index contributed by atoms with van der Waals surface area (Å²) in [6, 6.07) is 0. The van der Waals surface area contributed by atoms with Crippen molar-refractivity contribution in [2.75, 3.05) is 13.1 Å². The van der Waals surface area contributed by atoms with E-state index in [9.17, 15) is 0 Å². The minimum Gasteiger partial charge on any atom is -0.329 e. The minimum absolute atomic E-state index is 0. The number of rotatable bonds is 2. The molecule has 0 amide bonds. The first-order valence-electron chi connectivity index (χ1n) is 3.36. The van der Waals surface area contributed by atoms with Crippen molar-refractivity contribution < 1.29 is 21.1 Å². The van der Waals surface area contributed by atoms with E-state index in [1.54, 1.807) is 0 Å². The van der Waals surface area contributed by atoms with E-state index >= 15 is 0 Å². The Hall–Kier alpha value is 1.19. The molecule has 0 bridgehead atoms. The topological polar surface area (TPSA) is 52.0 Å². The second kappa shape index (κ2) is 3.93. The SMILES string of the molecule is NCC1(Cl)CCC1(Cl)CN.[Pt]. The molecule has 11 heavy (non-hydrogen) atoms. The van der Waals surface area contributed by atoms with E-state index in [4.69, 9.17) is 34.7 Å². The molecule has 0 aromatic rings. The average Bonchev–Trinajstić information content (AvgIpc) is 1.99. The molecule has 1 aliphatic rings. The summed E-state index contributed by atoms with van der Waals surface area (Å²) in [6.45, 7) is 0.824. The third-order valence-electron chi connectivity index (χ3n) is 2.37. The second-order valence-corrected chi connectivity index (χ2v) is 4.29. The fourth-order valence-corrected chi connectivity index (χ4v) is 1.77. The Kier molecular flexibility index (Phi) is 4.36. The van der Waals surface area contributed by atoms with Crippen LogP contribution in [0.15, 0.2) is 0 Å². The van der Waals surface area contributed by atoms with Crippen molar-refractivity contribution in [1.82, 2.24) is 0 Å². The van der Waals surface area contributed by atoms with Crippen molar-refractivity contribution in [3.05, 3.63) is 0 Å². The largest absolute Gasteiger partial charge is 0.329 e. The van der Waals surface area contributed by atoms with Gasteiger partial charge in [-0.15, -0.1) is 23.2 Å². The van der Waals surface area contributed by atoms with Crippen molar-refractivity contribution >= 4 is 23.2 Å².